The van der Waals surface area contributed by atoms with Gasteiger partial charge in [0.1, 0.15) is 6.61 Å². The van der Waals surface area contributed by atoms with Crippen LogP contribution < -0.4 is 0 Å². The second kappa shape index (κ2) is 5.15. The van der Waals surface area contributed by atoms with Crippen molar-refractivity contribution in [1.29, 1.82) is 5.26 Å². The minimum Gasteiger partial charge on any atom is -0.445 e. The minimum absolute atomic E-state index is 0.0831. The number of nitrogens with zero attached hydrogens (tertiary/aromatic N) is 2. The molecule has 0 N–H and O–H groups in total. The summed E-state index contributed by atoms with van der Waals surface area (Å²) in [5.74, 6) is -0.300. The first-order valence-corrected chi connectivity index (χ1v) is 4.61. The zero-order valence-corrected chi connectivity index (χ0v) is 8.31. The maximum atomic E-state index is 11.2. The number of rotatable bonds is 4. The Kier molecular flexibility index (Phi) is 3.86. The van der Waals surface area contributed by atoms with Crippen LogP contribution in [0.2, 0.25) is 0 Å². The van der Waals surface area contributed by atoms with Crippen molar-refractivity contribution >= 4 is 11.9 Å². The van der Waals surface area contributed by atoms with Gasteiger partial charge in [-0.1, -0.05) is 12.7 Å². The molecule has 0 atom stereocenters. The van der Waals surface area contributed by atoms with Crippen molar-refractivity contribution in [3.05, 3.63) is 12.7 Å². The Labute approximate surface area is 87.9 Å². The summed E-state index contributed by atoms with van der Waals surface area (Å²) < 4.78 is 4.78. The highest BCUT2D eigenvalue weighted by Crippen LogP contribution is 2.18. The molecule has 80 valence electrons. The van der Waals surface area contributed by atoms with Crippen LogP contribution in [0.3, 0.4) is 0 Å². The molecule has 5 heteroatoms. The fraction of sp³-hybridized carbons (Fsp3) is 0.500. The Morgan fingerprint density at radius 1 is 1.60 bits per heavy atom. The molecular formula is C10H12N2O3. The van der Waals surface area contributed by atoms with Gasteiger partial charge in [0.15, 0.2) is 5.78 Å². The van der Waals surface area contributed by atoms with Gasteiger partial charge in [0, 0.05) is 13.1 Å². The standard InChI is InChI=1S/C10H12N2O3/c1-2-5-15-10(14)12-6-8(7-12)9(13)3-4-11/h2,8H,1,3,5-7H2. The number of hydrogen-bond acceptors (Lipinski definition) is 4. The Morgan fingerprint density at radius 3 is 2.80 bits per heavy atom. The van der Waals surface area contributed by atoms with E-state index in [1.165, 1.54) is 11.0 Å². The van der Waals surface area contributed by atoms with Crippen LogP contribution in [0.4, 0.5) is 4.79 Å². The van der Waals surface area contributed by atoms with E-state index in [0.717, 1.165) is 0 Å². The number of ether oxygens (including phenoxy) is 1. The molecular weight excluding hydrogens is 196 g/mol. The van der Waals surface area contributed by atoms with Gasteiger partial charge in [0.25, 0.3) is 0 Å². The number of carbonyl (C=O) groups excluding carboxylic acids is 2. The van der Waals surface area contributed by atoms with Crippen LogP contribution in [0.15, 0.2) is 12.7 Å². The minimum atomic E-state index is -0.434. The molecule has 1 fully saturated rings. The Morgan fingerprint density at radius 2 is 2.27 bits per heavy atom. The first kappa shape index (κ1) is 11.2. The number of hydrogen-bond donors (Lipinski definition) is 0. The number of nitriles is 1. The lowest BCUT2D eigenvalue weighted by molar-refractivity contribution is -0.126. The van der Waals surface area contributed by atoms with Gasteiger partial charge in [0.2, 0.25) is 0 Å². The van der Waals surface area contributed by atoms with E-state index in [9.17, 15) is 9.59 Å². The molecule has 1 heterocycles. The average molecular weight is 208 g/mol. The normalized spacial score (nSPS) is 15.0. The molecule has 0 bridgehead atoms. The van der Waals surface area contributed by atoms with Gasteiger partial charge >= 0.3 is 6.09 Å². The highest BCUT2D eigenvalue weighted by molar-refractivity contribution is 5.85. The summed E-state index contributed by atoms with van der Waals surface area (Å²) in [5, 5.41) is 8.31. The molecule has 15 heavy (non-hydrogen) atoms. The maximum absolute atomic E-state index is 11.2. The van der Waals surface area contributed by atoms with Crippen LogP contribution in [-0.2, 0) is 9.53 Å². The van der Waals surface area contributed by atoms with E-state index in [1.54, 1.807) is 6.07 Å². The number of amides is 1. The molecule has 0 saturated carbocycles. The van der Waals surface area contributed by atoms with Gasteiger partial charge in [-0.05, 0) is 0 Å². The third-order valence-corrected chi connectivity index (χ3v) is 2.17. The van der Waals surface area contributed by atoms with Crippen molar-refractivity contribution in [2.75, 3.05) is 19.7 Å². The topological polar surface area (TPSA) is 70.4 Å². The van der Waals surface area contributed by atoms with Crippen molar-refractivity contribution < 1.29 is 14.3 Å². The van der Waals surface area contributed by atoms with Crippen LogP contribution in [0, 0.1) is 17.2 Å². The van der Waals surface area contributed by atoms with Crippen LogP contribution in [0.1, 0.15) is 6.42 Å². The summed E-state index contributed by atoms with van der Waals surface area (Å²) >= 11 is 0. The fourth-order valence-electron chi connectivity index (χ4n) is 1.28. The lowest BCUT2D eigenvalue weighted by Crippen LogP contribution is -2.53. The molecule has 0 spiro atoms. The smallest absolute Gasteiger partial charge is 0.410 e. The summed E-state index contributed by atoms with van der Waals surface area (Å²) in [5.41, 5.74) is 0. The summed E-state index contributed by atoms with van der Waals surface area (Å²) in [7, 11) is 0. The van der Waals surface area contributed by atoms with Crippen molar-refractivity contribution in [2.24, 2.45) is 5.92 Å². The number of likely N-dealkylation sites (tertiary alicyclic amines) is 1. The highest BCUT2D eigenvalue weighted by Gasteiger charge is 2.35. The highest BCUT2D eigenvalue weighted by atomic mass is 16.6. The first-order valence-electron chi connectivity index (χ1n) is 4.61. The first-order chi connectivity index (χ1) is 7.19. The van der Waals surface area contributed by atoms with E-state index >= 15 is 0 Å². The van der Waals surface area contributed by atoms with Crippen molar-refractivity contribution in [2.45, 2.75) is 6.42 Å². The third-order valence-electron chi connectivity index (χ3n) is 2.17. The molecule has 1 aliphatic heterocycles. The van der Waals surface area contributed by atoms with Gasteiger partial charge in [-0.25, -0.2) is 4.79 Å². The van der Waals surface area contributed by atoms with Gasteiger partial charge in [0.05, 0.1) is 18.4 Å². The lowest BCUT2D eigenvalue weighted by atomic mass is 9.94. The average Bonchev–Trinajstić information content (AvgIpc) is 2.12. The van der Waals surface area contributed by atoms with Crippen molar-refractivity contribution in [3.8, 4) is 6.07 Å². The monoisotopic (exact) mass is 208 g/mol. The summed E-state index contributed by atoms with van der Waals surface area (Å²) in [6.07, 6.45) is 0.965. The van der Waals surface area contributed by atoms with Gasteiger partial charge < -0.3 is 9.64 Å². The molecule has 0 aromatic heterocycles. The second-order valence-corrected chi connectivity index (χ2v) is 3.27. The molecule has 0 aromatic rings. The molecule has 5 nitrogen and oxygen atoms in total. The number of carbonyl (C=O) groups is 2. The zero-order valence-electron chi connectivity index (χ0n) is 8.31. The Balaban J connectivity index is 2.25. The molecule has 0 radical (unpaired) electrons. The van der Waals surface area contributed by atoms with E-state index in [-0.39, 0.29) is 24.7 Å². The molecule has 1 rings (SSSR count). The van der Waals surface area contributed by atoms with E-state index in [1.807, 2.05) is 0 Å². The third kappa shape index (κ3) is 2.81. The maximum Gasteiger partial charge on any atom is 0.410 e. The van der Waals surface area contributed by atoms with E-state index in [0.29, 0.717) is 13.1 Å². The Bertz CT molecular complexity index is 313. The van der Waals surface area contributed by atoms with E-state index < -0.39 is 6.09 Å². The lowest BCUT2D eigenvalue weighted by Gasteiger charge is -2.36. The second-order valence-electron chi connectivity index (χ2n) is 3.27. The van der Waals surface area contributed by atoms with Crippen LogP contribution >= 0.6 is 0 Å². The van der Waals surface area contributed by atoms with Crippen molar-refractivity contribution in [1.82, 2.24) is 4.90 Å². The summed E-state index contributed by atoms with van der Waals surface area (Å²) in [6.45, 7) is 4.31. The van der Waals surface area contributed by atoms with Crippen LogP contribution in [-0.4, -0.2) is 36.5 Å². The fourth-order valence-corrected chi connectivity index (χ4v) is 1.28. The molecule has 0 aliphatic carbocycles. The van der Waals surface area contributed by atoms with Crippen molar-refractivity contribution in [3.63, 3.8) is 0 Å². The Hall–Kier alpha value is -1.83. The van der Waals surface area contributed by atoms with E-state index in [4.69, 9.17) is 10.00 Å². The van der Waals surface area contributed by atoms with Crippen LogP contribution in [0.25, 0.3) is 0 Å². The number of Topliss-reactive ketones (excluding diaryl/α,β-unsaturated/α-hetero) is 1. The van der Waals surface area contributed by atoms with Gasteiger partial charge in [-0.2, -0.15) is 5.26 Å². The summed E-state index contributed by atoms with van der Waals surface area (Å²) in [6, 6.07) is 1.80. The molecule has 1 saturated heterocycles. The van der Waals surface area contributed by atoms with Gasteiger partial charge in [-0.3, -0.25) is 4.79 Å². The van der Waals surface area contributed by atoms with E-state index in [2.05, 4.69) is 6.58 Å². The largest absolute Gasteiger partial charge is 0.445 e. The quantitative estimate of drug-likeness (QED) is 0.638. The van der Waals surface area contributed by atoms with Gasteiger partial charge in [-0.15, -0.1) is 0 Å². The molecule has 1 aliphatic rings. The molecule has 0 aromatic carbocycles. The predicted molar refractivity (Wildman–Crippen MR) is 51.8 cm³/mol. The zero-order chi connectivity index (χ0) is 11.3. The van der Waals surface area contributed by atoms with Crippen LogP contribution in [0.5, 0.6) is 0 Å². The SMILES string of the molecule is C=CCOC(=O)N1CC(C(=O)CC#N)C1. The summed E-state index contributed by atoms with van der Waals surface area (Å²) in [4.78, 5) is 23.8. The number of ketones is 1. The predicted octanol–water partition coefficient (Wildman–Crippen LogP) is 0.724. The molecule has 1 amide bonds. The molecule has 0 unspecified atom stereocenters.